The number of nitrogens with one attached hydrogen (secondary N) is 2. The zero-order valence-corrected chi connectivity index (χ0v) is 12.3. The third kappa shape index (κ3) is 3.45. The van der Waals surface area contributed by atoms with Crippen LogP contribution in [-0.4, -0.2) is 15.8 Å². The lowest BCUT2D eigenvalue weighted by Crippen LogP contribution is -2.19. The van der Waals surface area contributed by atoms with Crippen molar-refractivity contribution in [2.24, 2.45) is 0 Å². The van der Waals surface area contributed by atoms with E-state index in [4.69, 9.17) is 11.6 Å². The molecule has 1 heterocycles. The lowest BCUT2D eigenvalue weighted by atomic mass is 10.3. The molecule has 0 aliphatic carbocycles. The molecule has 22 heavy (non-hydrogen) atoms. The van der Waals surface area contributed by atoms with E-state index in [1.165, 1.54) is 0 Å². The normalized spacial score (nSPS) is 10.2. The Balaban J connectivity index is 1.69. The van der Waals surface area contributed by atoms with Gasteiger partial charge in [0.2, 0.25) is 0 Å². The monoisotopic (exact) mass is 312 g/mol. The fourth-order valence-electron chi connectivity index (χ4n) is 1.97. The van der Waals surface area contributed by atoms with Crippen LogP contribution in [0, 0.1) is 0 Å². The summed E-state index contributed by atoms with van der Waals surface area (Å²) >= 11 is 5.81. The van der Waals surface area contributed by atoms with Crippen LogP contribution in [0.5, 0.6) is 0 Å². The Kier molecular flexibility index (Phi) is 4.07. The quantitative estimate of drug-likeness (QED) is 0.762. The van der Waals surface area contributed by atoms with Gasteiger partial charge in [-0.15, -0.1) is 0 Å². The molecule has 0 bridgehead atoms. The first kappa shape index (κ1) is 14.2. The van der Waals surface area contributed by atoms with E-state index in [1.807, 2.05) is 36.5 Å². The first-order valence-corrected chi connectivity index (χ1v) is 7.02. The summed E-state index contributed by atoms with van der Waals surface area (Å²) in [7, 11) is 0. The molecule has 3 aromatic rings. The van der Waals surface area contributed by atoms with Gasteiger partial charge in [-0.2, -0.15) is 5.10 Å². The van der Waals surface area contributed by atoms with Crippen molar-refractivity contribution in [2.75, 3.05) is 10.6 Å². The highest BCUT2D eigenvalue weighted by Crippen LogP contribution is 2.16. The molecule has 2 amide bonds. The third-order valence-electron chi connectivity index (χ3n) is 2.98. The number of benzene rings is 2. The molecule has 0 saturated carbocycles. The molecule has 2 aromatic carbocycles. The van der Waals surface area contributed by atoms with Crippen molar-refractivity contribution >= 4 is 29.0 Å². The Morgan fingerprint density at radius 3 is 2.50 bits per heavy atom. The van der Waals surface area contributed by atoms with E-state index in [1.54, 1.807) is 35.1 Å². The first-order chi connectivity index (χ1) is 10.7. The maximum atomic E-state index is 12.0. The summed E-state index contributed by atoms with van der Waals surface area (Å²) in [6.07, 6.45) is 3.54. The van der Waals surface area contributed by atoms with Crippen LogP contribution in [0.4, 0.5) is 16.2 Å². The summed E-state index contributed by atoms with van der Waals surface area (Å²) in [4.78, 5) is 12.0. The molecule has 6 heteroatoms. The minimum absolute atomic E-state index is 0.320. The van der Waals surface area contributed by atoms with Crippen LogP contribution >= 0.6 is 11.6 Å². The average Bonchev–Trinajstić information content (AvgIpc) is 3.04. The van der Waals surface area contributed by atoms with Crippen molar-refractivity contribution in [1.82, 2.24) is 9.78 Å². The second-order valence-electron chi connectivity index (χ2n) is 4.59. The number of carbonyl (C=O) groups excluding carboxylic acids is 1. The fourth-order valence-corrected chi connectivity index (χ4v) is 2.10. The van der Waals surface area contributed by atoms with Crippen LogP contribution in [0.1, 0.15) is 0 Å². The van der Waals surface area contributed by atoms with Crippen molar-refractivity contribution < 1.29 is 4.79 Å². The van der Waals surface area contributed by atoms with Gasteiger partial charge in [0.1, 0.15) is 0 Å². The maximum absolute atomic E-state index is 12.0. The van der Waals surface area contributed by atoms with Gasteiger partial charge in [0.05, 0.1) is 5.69 Å². The van der Waals surface area contributed by atoms with Crippen LogP contribution in [0.3, 0.4) is 0 Å². The predicted molar refractivity (Wildman–Crippen MR) is 87.7 cm³/mol. The zero-order chi connectivity index (χ0) is 15.4. The van der Waals surface area contributed by atoms with Gasteiger partial charge in [-0.05, 0) is 48.5 Å². The van der Waals surface area contributed by atoms with Crippen molar-refractivity contribution in [3.05, 3.63) is 72.0 Å². The molecule has 3 rings (SSSR count). The van der Waals surface area contributed by atoms with E-state index in [9.17, 15) is 4.79 Å². The lowest BCUT2D eigenvalue weighted by Gasteiger charge is -2.09. The molecule has 1 aromatic heterocycles. The standard InChI is InChI=1S/C16H13ClN4O/c17-12-5-7-13(8-6-12)19-16(22)20-14-3-1-4-15(11-14)21-10-2-9-18-21/h1-11H,(H2,19,20,22). The number of urea groups is 1. The number of rotatable bonds is 3. The van der Waals surface area contributed by atoms with Gasteiger partial charge in [-0.25, -0.2) is 9.48 Å². The van der Waals surface area contributed by atoms with Gasteiger partial charge in [-0.1, -0.05) is 17.7 Å². The first-order valence-electron chi connectivity index (χ1n) is 6.64. The Morgan fingerprint density at radius 1 is 1.00 bits per heavy atom. The molecule has 0 spiro atoms. The Bertz CT molecular complexity index is 769. The number of anilines is 2. The average molecular weight is 313 g/mol. The highest BCUT2D eigenvalue weighted by atomic mass is 35.5. The number of nitrogens with zero attached hydrogens (tertiary/aromatic N) is 2. The van der Waals surface area contributed by atoms with Crippen LogP contribution < -0.4 is 10.6 Å². The highest BCUT2D eigenvalue weighted by molar-refractivity contribution is 6.30. The van der Waals surface area contributed by atoms with E-state index in [2.05, 4.69) is 15.7 Å². The van der Waals surface area contributed by atoms with Gasteiger partial charge in [-0.3, -0.25) is 0 Å². The molecule has 0 radical (unpaired) electrons. The summed E-state index contributed by atoms with van der Waals surface area (Å²) in [5, 5.41) is 10.3. The minimum Gasteiger partial charge on any atom is -0.308 e. The van der Waals surface area contributed by atoms with Crippen LogP contribution in [0.25, 0.3) is 5.69 Å². The maximum Gasteiger partial charge on any atom is 0.323 e. The Morgan fingerprint density at radius 2 is 1.77 bits per heavy atom. The van der Waals surface area contributed by atoms with Gasteiger partial charge < -0.3 is 10.6 Å². The van der Waals surface area contributed by atoms with Gasteiger partial charge >= 0.3 is 6.03 Å². The number of hydrogen-bond acceptors (Lipinski definition) is 2. The van der Waals surface area contributed by atoms with Crippen molar-refractivity contribution in [2.45, 2.75) is 0 Å². The molecule has 0 aliphatic rings. The largest absolute Gasteiger partial charge is 0.323 e. The van der Waals surface area contributed by atoms with E-state index in [0.717, 1.165) is 5.69 Å². The van der Waals surface area contributed by atoms with Crippen molar-refractivity contribution in [1.29, 1.82) is 0 Å². The van der Waals surface area contributed by atoms with Gasteiger partial charge in [0.25, 0.3) is 0 Å². The smallest absolute Gasteiger partial charge is 0.308 e. The van der Waals surface area contributed by atoms with E-state index in [-0.39, 0.29) is 6.03 Å². The third-order valence-corrected chi connectivity index (χ3v) is 3.23. The number of hydrogen-bond donors (Lipinski definition) is 2. The molecular formula is C16H13ClN4O. The Labute approximate surface area is 132 Å². The number of halogens is 1. The molecule has 110 valence electrons. The molecule has 0 unspecified atom stereocenters. The second kappa shape index (κ2) is 6.32. The van der Waals surface area contributed by atoms with E-state index >= 15 is 0 Å². The summed E-state index contributed by atoms with van der Waals surface area (Å²) in [6, 6.07) is 15.9. The van der Waals surface area contributed by atoms with E-state index in [0.29, 0.717) is 16.4 Å². The fraction of sp³-hybridized carbons (Fsp3) is 0. The van der Waals surface area contributed by atoms with E-state index < -0.39 is 0 Å². The molecule has 0 fully saturated rings. The van der Waals surface area contributed by atoms with Crippen molar-refractivity contribution in [3.63, 3.8) is 0 Å². The molecular weight excluding hydrogens is 300 g/mol. The molecule has 0 saturated heterocycles. The van der Waals surface area contributed by atoms with Crippen LogP contribution in [0.2, 0.25) is 5.02 Å². The Hall–Kier alpha value is -2.79. The predicted octanol–water partition coefficient (Wildman–Crippen LogP) is 4.17. The number of carbonyl (C=O) groups is 1. The van der Waals surface area contributed by atoms with Gasteiger partial charge in [0.15, 0.2) is 0 Å². The van der Waals surface area contributed by atoms with Crippen LogP contribution in [-0.2, 0) is 0 Å². The van der Waals surface area contributed by atoms with Gasteiger partial charge in [0, 0.05) is 28.8 Å². The SMILES string of the molecule is O=C(Nc1ccc(Cl)cc1)Nc1cccc(-n2cccn2)c1. The summed E-state index contributed by atoms with van der Waals surface area (Å²) in [6.45, 7) is 0. The summed E-state index contributed by atoms with van der Waals surface area (Å²) < 4.78 is 1.72. The molecule has 2 N–H and O–H groups in total. The highest BCUT2D eigenvalue weighted by Gasteiger charge is 2.04. The zero-order valence-electron chi connectivity index (χ0n) is 11.5. The number of aromatic nitrogens is 2. The summed E-state index contributed by atoms with van der Waals surface area (Å²) in [5.41, 5.74) is 2.22. The van der Waals surface area contributed by atoms with Crippen molar-refractivity contribution in [3.8, 4) is 5.69 Å². The molecule has 0 atom stereocenters. The summed E-state index contributed by atoms with van der Waals surface area (Å²) in [5.74, 6) is 0. The van der Waals surface area contributed by atoms with Crippen LogP contribution in [0.15, 0.2) is 67.0 Å². The molecule has 0 aliphatic heterocycles. The topological polar surface area (TPSA) is 59.0 Å². The number of amides is 2. The second-order valence-corrected chi connectivity index (χ2v) is 5.02. The minimum atomic E-state index is -0.320. The lowest BCUT2D eigenvalue weighted by molar-refractivity contribution is 0.262. The molecule has 5 nitrogen and oxygen atoms in total.